The third-order valence-electron chi connectivity index (χ3n) is 2.41. The molecule has 0 aliphatic rings. The molecular formula is C13H16ClN3O4. The summed E-state index contributed by atoms with van der Waals surface area (Å²) in [5.41, 5.74) is 0.232. The zero-order chi connectivity index (χ0) is 15.8. The fraction of sp³-hybridized carbons (Fsp3) is 0.308. The van der Waals surface area contributed by atoms with Gasteiger partial charge in [-0.15, -0.1) is 0 Å². The van der Waals surface area contributed by atoms with E-state index in [1.807, 2.05) is 0 Å². The second-order valence-electron chi connectivity index (χ2n) is 4.12. The minimum Gasteiger partial charge on any atom is -0.478 e. The van der Waals surface area contributed by atoms with Gasteiger partial charge in [-0.1, -0.05) is 11.6 Å². The molecule has 0 aliphatic carbocycles. The van der Waals surface area contributed by atoms with Crippen LogP contribution in [0, 0.1) is 0 Å². The van der Waals surface area contributed by atoms with Crippen LogP contribution in [-0.2, 0) is 4.79 Å². The molecular weight excluding hydrogens is 298 g/mol. The fourth-order valence-electron chi connectivity index (χ4n) is 1.54. The van der Waals surface area contributed by atoms with E-state index < -0.39 is 12.0 Å². The van der Waals surface area contributed by atoms with Crippen molar-refractivity contribution in [3.8, 4) is 0 Å². The van der Waals surface area contributed by atoms with Crippen molar-refractivity contribution in [1.29, 1.82) is 0 Å². The predicted molar refractivity (Wildman–Crippen MR) is 78.7 cm³/mol. The predicted octanol–water partition coefficient (Wildman–Crippen LogP) is 1.69. The van der Waals surface area contributed by atoms with Crippen LogP contribution in [0.5, 0.6) is 0 Å². The summed E-state index contributed by atoms with van der Waals surface area (Å²) in [5.74, 6) is -1.30. The minimum atomic E-state index is -1.14. The summed E-state index contributed by atoms with van der Waals surface area (Å²) < 4.78 is 0. The van der Waals surface area contributed by atoms with Gasteiger partial charge in [-0.2, -0.15) is 0 Å². The molecule has 0 spiro atoms. The monoisotopic (exact) mass is 313 g/mol. The van der Waals surface area contributed by atoms with Crippen LogP contribution in [0.15, 0.2) is 18.2 Å². The molecule has 0 radical (unpaired) electrons. The summed E-state index contributed by atoms with van der Waals surface area (Å²) in [4.78, 5) is 33.6. The number of carboxylic acid groups (broad SMARTS) is 1. The van der Waals surface area contributed by atoms with E-state index in [2.05, 4.69) is 16.0 Å². The Balaban J connectivity index is 2.51. The lowest BCUT2D eigenvalue weighted by Crippen LogP contribution is -2.33. The first kappa shape index (κ1) is 16.8. The lowest BCUT2D eigenvalue weighted by molar-refractivity contribution is -0.120. The third-order valence-corrected chi connectivity index (χ3v) is 2.63. The molecule has 3 amide bonds. The van der Waals surface area contributed by atoms with Gasteiger partial charge in [-0.05, 0) is 25.1 Å². The fourth-order valence-corrected chi connectivity index (χ4v) is 1.77. The number of carboxylic acids is 1. The molecule has 0 aromatic heterocycles. The van der Waals surface area contributed by atoms with Crippen molar-refractivity contribution in [3.05, 3.63) is 28.8 Å². The van der Waals surface area contributed by atoms with E-state index in [1.165, 1.54) is 18.2 Å². The summed E-state index contributed by atoms with van der Waals surface area (Å²) in [7, 11) is 0. The van der Waals surface area contributed by atoms with Crippen LogP contribution in [0.1, 0.15) is 23.7 Å². The summed E-state index contributed by atoms with van der Waals surface area (Å²) in [5, 5.41) is 16.6. The van der Waals surface area contributed by atoms with Crippen molar-refractivity contribution in [2.24, 2.45) is 0 Å². The van der Waals surface area contributed by atoms with Crippen LogP contribution in [0.25, 0.3) is 0 Å². The highest BCUT2D eigenvalue weighted by molar-refractivity contribution is 6.31. The standard InChI is InChI=1S/C13H16ClN3O4/c1-2-15-11(18)3-4-16-13(21)17-10-6-8(12(19)20)5-9(14)7-10/h5-7H,2-4H2,1H3,(H,15,18)(H,19,20)(H2,16,17,21). The van der Waals surface area contributed by atoms with Gasteiger partial charge < -0.3 is 21.1 Å². The van der Waals surface area contributed by atoms with E-state index in [0.717, 1.165) is 0 Å². The highest BCUT2D eigenvalue weighted by Gasteiger charge is 2.09. The summed E-state index contributed by atoms with van der Waals surface area (Å²) in [6.45, 7) is 2.51. The molecule has 0 aliphatic heterocycles. The first-order valence-corrected chi connectivity index (χ1v) is 6.65. The second kappa shape index (κ2) is 8.11. The van der Waals surface area contributed by atoms with Crippen LogP contribution < -0.4 is 16.0 Å². The zero-order valence-corrected chi connectivity index (χ0v) is 12.2. The summed E-state index contributed by atoms with van der Waals surface area (Å²) in [6, 6.07) is 3.45. The summed E-state index contributed by atoms with van der Waals surface area (Å²) in [6.07, 6.45) is 0.164. The normalized spacial score (nSPS) is 9.81. The average molecular weight is 314 g/mol. The van der Waals surface area contributed by atoms with E-state index >= 15 is 0 Å². The van der Waals surface area contributed by atoms with Crippen LogP contribution in [-0.4, -0.2) is 36.1 Å². The van der Waals surface area contributed by atoms with Gasteiger partial charge in [0.25, 0.3) is 0 Å². The zero-order valence-electron chi connectivity index (χ0n) is 11.4. The Hall–Kier alpha value is -2.28. The number of hydrogen-bond donors (Lipinski definition) is 4. The Bertz CT molecular complexity index is 548. The molecule has 0 unspecified atom stereocenters. The second-order valence-corrected chi connectivity index (χ2v) is 4.55. The SMILES string of the molecule is CCNC(=O)CCNC(=O)Nc1cc(Cl)cc(C(=O)O)c1. The largest absolute Gasteiger partial charge is 0.478 e. The molecule has 0 fully saturated rings. The molecule has 0 heterocycles. The Kier molecular flexibility index (Phi) is 6.48. The highest BCUT2D eigenvalue weighted by Crippen LogP contribution is 2.19. The van der Waals surface area contributed by atoms with Crippen LogP contribution in [0.4, 0.5) is 10.5 Å². The Morgan fingerprint density at radius 3 is 2.52 bits per heavy atom. The van der Waals surface area contributed by atoms with Gasteiger partial charge in [0.1, 0.15) is 0 Å². The molecule has 0 bridgehead atoms. The molecule has 0 atom stereocenters. The van der Waals surface area contributed by atoms with E-state index in [4.69, 9.17) is 16.7 Å². The van der Waals surface area contributed by atoms with Crippen molar-refractivity contribution < 1.29 is 19.5 Å². The highest BCUT2D eigenvalue weighted by atomic mass is 35.5. The molecule has 7 nitrogen and oxygen atoms in total. The van der Waals surface area contributed by atoms with Gasteiger partial charge in [-0.3, -0.25) is 4.79 Å². The molecule has 0 saturated heterocycles. The molecule has 1 aromatic rings. The smallest absolute Gasteiger partial charge is 0.335 e. The number of anilines is 1. The maximum atomic E-state index is 11.6. The molecule has 8 heteroatoms. The van der Waals surface area contributed by atoms with Gasteiger partial charge in [-0.25, -0.2) is 9.59 Å². The number of benzene rings is 1. The first-order chi connectivity index (χ1) is 9.92. The van der Waals surface area contributed by atoms with Crippen molar-refractivity contribution in [3.63, 3.8) is 0 Å². The number of halogens is 1. The molecule has 0 saturated carbocycles. The number of carbonyl (C=O) groups excluding carboxylic acids is 2. The van der Waals surface area contributed by atoms with E-state index in [-0.39, 0.29) is 35.1 Å². The molecule has 1 aromatic carbocycles. The van der Waals surface area contributed by atoms with Crippen molar-refractivity contribution >= 4 is 35.2 Å². The molecule has 21 heavy (non-hydrogen) atoms. The maximum Gasteiger partial charge on any atom is 0.335 e. The molecule has 114 valence electrons. The van der Waals surface area contributed by atoms with Gasteiger partial charge in [0.05, 0.1) is 5.56 Å². The Morgan fingerprint density at radius 1 is 1.19 bits per heavy atom. The van der Waals surface area contributed by atoms with Crippen LogP contribution in [0.2, 0.25) is 5.02 Å². The number of amides is 3. The number of aromatic carboxylic acids is 1. The Labute approximate surface area is 126 Å². The maximum absolute atomic E-state index is 11.6. The average Bonchev–Trinajstić information content (AvgIpc) is 2.38. The summed E-state index contributed by atoms with van der Waals surface area (Å²) >= 11 is 5.77. The van der Waals surface area contributed by atoms with E-state index in [9.17, 15) is 14.4 Å². The van der Waals surface area contributed by atoms with E-state index in [0.29, 0.717) is 6.54 Å². The first-order valence-electron chi connectivity index (χ1n) is 6.27. The number of hydrogen-bond acceptors (Lipinski definition) is 3. The number of carbonyl (C=O) groups is 3. The van der Waals surface area contributed by atoms with Crippen molar-refractivity contribution in [1.82, 2.24) is 10.6 Å². The third kappa shape index (κ3) is 6.13. The number of urea groups is 1. The van der Waals surface area contributed by atoms with Crippen molar-refractivity contribution in [2.45, 2.75) is 13.3 Å². The minimum absolute atomic E-state index is 0.0277. The van der Waals surface area contributed by atoms with Gasteiger partial charge in [0, 0.05) is 30.2 Å². The van der Waals surface area contributed by atoms with Crippen molar-refractivity contribution in [2.75, 3.05) is 18.4 Å². The molecule has 4 N–H and O–H groups in total. The Morgan fingerprint density at radius 2 is 1.90 bits per heavy atom. The van der Waals surface area contributed by atoms with Gasteiger partial charge >= 0.3 is 12.0 Å². The van der Waals surface area contributed by atoms with Gasteiger partial charge in [0.15, 0.2) is 0 Å². The number of rotatable bonds is 6. The topological polar surface area (TPSA) is 108 Å². The quantitative estimate of drug-likeness (QED) is 0.641. The lowest BCUT2D eigenvalue weighted by Gasteiger charge is -2.08. The lowest BCUT2D eigenvalue weighted by atomic mass is 10.2. The van der Waals surface area contributed by atoms with Crippen LogP contribution in [0.3, 0.4) is 0 Å². The van der Waals surface area contributed by atoms with Crippen LogP contribution >= 0.6 is 11.6 Å². The number of nitrogens with one attached hydrogen (secondary N) is 3. The van der Waals surface area contributed by atoms with E-state index in [1.54, 1.807) is 6.92 Å². The molecule has 1 rings (SSSR count). The van der Waals surface area contributed by atoms with Gasteiger partial charge in [0.2, 0.25) is 5.91 Å².